The van der Waals surface area contributed by atoms with Gasteiger partial charge < -0.3 is 5.11 Å². The molecule has 0 fully saturated rings. The van der Waals surface area contributed by atoms with Gasteiger partial charge in [-0.1, -0.05) is 0 Å². The molecule has 0 spiro atoms. The summed E-state index contributed by atoms with van der Waals surface area (Å²) < 4.78 is 15.8. The molecule has 0 amide bonds. The summed E-state index contributed by atoms with van der Waals surface area (Å²) in [7, 11) is 0. The van der Waals surface area contributed by atoms with Crippen LogP contribution >= 0.6 is 0 Å². The zero-order valence-corrected chi connectivity index (χ0v) is 14.1. The lowest BCUT2D eigenvalue weighted by atomic mass is 10.0. The Morgan fingerprint density at radius 2 is 1.88 bits per heavy atom. The van der Waals surface area contributed by atoms with E-state index in [0.717, 1.165) is 5.56 Å². The van der Waals surface area contributed by atoms with Crippen molar-refractivity contribution in [3.63, 3.8) is 0 Å². The van der Waals surface area contributed by atoms with E-state index in [0.29, 0.717) is 28.3 Å². The molecule has 3 heterocycles. The number of fused-ring (bicyclic) bond motifs is 1. The second kappa shape index (κ2) is 5.92. The summed E-state index contributed by atoms with van der Waals surface area (Å²) in [5, 5.41) is 21.9. The highest BCUT2D eigenvalue weighted by atomic mass is 19.1. The van der Waals surface area contributed by atoms with Gasteiger partial charge in [0.15, 0.2) is 0 Å². The molecule has 7 nitrogen and oxygen atoms in total. The Morgan fingerprint density at radius 1 is 1.04 bits per heavy atom. The predicted octanol–water partition coefficient (Wildman–Crippen LogP) is 2.61. The Bertz CT molecular complexity index is 1090. The number of hydrogen-bond acceptors (Lipinski definition) is 6. The van der Waals surface area contributed by atoms with E-state index >= 15 is 0 Å². The van der Waals surface area contributed by atoms with Gasteiger partial charge in [0, 0.05) is 16.7 Å². The number of aliphatic hydroxyl groups is 1. The number of imidazole rings is 1. The molecule has 0 unspecified atom stereocenters. The summed E-state index contributed by atoms with van der Waals surface area (Å²) in [6, 6.07) is 6.45. The Kier molecular flexibility index (Phi) is 3.69. The molecule has 0 saturated heterocycles. The summed E-state index contributed by atoms with van der Waals surface area (Å²) in [6.45, 7) is 3.26. The van der Waals surface area contributed by atoms with Crippen LogP contribution in [0.4, 0.5) is 4.39 Å². The Morgan fingerprint density at radius 3 is 2.62 bits per heavy atom. The van der Waals surface area contributed by atoms with Crippen LogP contribution in [0, 0.1) is 5.82 Å². The number of halogens is 1. The molecule has 3 aromatic heterocycles. The molecule has 0 aliphatic carbocycles. The maximum Gasteiger partial charge on any atom is 0.251 e. The monoisotopic (exact) mass is 350 g/mol. The summed E-state index contributed by atoms with van der Waals surface area (Å²) in [5.41, 5.74) is 1.74. The third-order valence-electron chi connectivity index (χ3n) is 4.02. The molecule has 0 saturated carbocycles. The van der Waals surface area contributed by atoms with E-state index in [1.165, 1.54) is 24.7 Å². The molecule has 0 radical (unpaired) electrons. The van der Waals surface area contributed by atoms with Gasteiger partial charge in [-0.15, -0.1) is 0 Å². The lowest BCUT2D eigenvalue weighted by molar-refractivity contribution is 0.0734. The van der Waals surface area contributed by atoms with Gasteiger partial charge in [0.05, 0.1) is 36.2 Å². The molecule has 1 N–H and O–H groups in total. The summed E-state index contributed by atoms with van der Waals surface area (Å²) >= 11 is 0. The predicted molar refractivity (Wildman–Crippen MR) is 92.4 cm³/mol. The van der Waals surface area contributed by atoms with Gasteiger partial charge >= 0.3 is 0 Å². The lowest BCUT2D eigenvalue weighted by Crippen LogP contribution is -2.19. The van der Waals surface area contributed by atoms with Crippen molar-refractivity contribution in [2.75, 3.05) is 0 Å². The van der Waals surface area contributed by atoms with Crippen molar-refractivity contribution in [3.8, 4) is 22.4 Å². The van der Waals surface area contributed by atoms with Crippen molar-refractivity contribution in [2.24, 2.45) is 0 Å². The molecule has 4 rings (SSSR count). The molecule has 0 atom stereocenters. The third-order valence-corrected chi connectivity index (χ3v) is 4.02. The van der Waals surface area contributed by atoms with Crippen LogP contribution in [0.25, 0.3) is 28.2 Å². The highest BCUT2D eigenvalue weighted by molar-refractivity contribution is 5.72. The van der Waals surface area contributed by atoms with Gasteiger partial charge in [0.1, 0.15) is 11.4 Å². The Hall–Kier alpha value is -3.26. The first-order valence-corrected chi connectivity index (χ1v) is 7.94. The fourth-order valence-corrected chi connectivity index (χ4v) is 2.62. The van der Waals surface area contributed by atoms with Crippen LogP contribution in [0.1, 0.15) is 19.5 Å². The number of hydrogen-bond donors (Lipinski definition) is 1. The first-order chi connectivity index (χ1) is 12.4. The van der Waals surface area contributed by atoms with E-state index in [-0.39, 0.29) is 5.82 Å². The fourth-order valence-electron chi connectivity index (χ4n) is 2.62. The van der Waals surface area contributed by atoms with Crippen LogP contribution in [0.2, 0.25) is 0 Å². The zero-order chi connectivity index (χ0) is 18.3. The molecule has 8 heteroatoms. The van der Waals surface area contributed by atoms with Crippen molar-refractivity contribution in [1.82, 2.24) is 29.8 Å². The molecule has 26 heavy (non-hydrogen) atoms. The van der Waals surface area contributed by atoms with Crippen LogP contribution in [-0.4, -0.2) is 34.9 Å². The van der Waals surface area contributed by atoms with E-state index in [2.05, 4.69) is 25.3 Å². The minimum atomic E-state index is -1.11. The fraction of sp³-hybridized carbons (Fsp3) is 0.167. The molecular formula is C18H15FN6O. The second-order valence-corrected chi connectivity index (χ2v) is 6.38. The van der Waals surface area contributed by atoms with Gasteiger partial charge in [-0.2, -0.15) is 19.8 Å². The van der Waals surface area contributed by atoms with E-state index in [1.54, 1.807) is 42.8 Å². The van der Waals surface area contributed by atoms with Gasteiger partial charge in [0.25, 0.3) is 5.78 Å². The highest BCUT2D eigenvalue weighted by Crippen LogP contribution is 2.28. The smallest absolute Gasteiger partial charge is 0.251 e. The first kappa shape index (κ1) is 16.2. The number of benzene rings is 1. The van der Waals surface area contributed by atoms with Crippen LogP contribution in [-0.2, 0) is 5.60 Å². The van der Waals surface area contributed by atoms with E-state index in [1.807, 2.05) is 0 Å². The SMILES string of the molecule is CC(C)(O)c1cnn2c(-c3ccc(F)c(-c4ccnnc4)c3)cnc2n1. The molecule has 0 aliphatic heterocycles. The second-order valence-electron chi connectivity index (χ2n) is 6.38. The first-order valence-electron chi connectivity index (χ1n) is 7.94. The number of aromatic nitrogens is 6. The van der Waals surface area contributed by atoms with E-state index in [4.69, 9.17) is 0 Å². The molecule has 0 aliphatic rings. The standard InChI is InChI=1S/C18H15FN6O/c1-18(2,26)16-10-23-25-15(9-20-17(25)24-16)11-3-4-14(19)13(7-11)12-5-6-21-22-8-12/h3-10,26H,1-2H3. The van der Waals surface area contributed by atoms with Crippen molar-refractivity contribution in [1.29, 1.82) is 0 Å². The van der Waals surface area contributed by atoms with Crippen LogP contribution in [0.5, 0.6) is 0 Å². The Balaban J connectivity index is 1.84. The van der Waals surface area contributed by atoms with Crippen molar-refractivity contribution < 1.29 is 9.50 Å². The van der Waals surface area contributed by atoms with E-state index < -0.39 is 5.60 Å². The van der Waals surface area contributed by atoms with Crippen molar-refractivity contribution >= 4 is 5.78 Å². The zero-order valence-electron chi connectivity index (χ0n) is 14.1. The molecule has 1 aromatic carbocycles. The number of rotatable bonds is 3. The average Bonchev–Trinajstić information content (AvgIpc) is 3.05. The Labute approximate surface area is 148 Å². The molecule has 0 bridgehead atoms. The van der Waals surface area contributed by atoms with Crippen molar-refractivity contribution in [2.45, 2.75) is 19.4 Å². The topological polar surface area (TPSA) is 89.1 Å². The van der Waals surface area contributed by atoms with Crippen LogP contribution in [0.15, 0.2) is 49.1 Å². The van der Waals surface area contributed by atoms with Crippen molar-refractivity contribution in [3.05, 3.63) is 60.6 Å². The van der Waals surface area contributed by atoms with Gasteiger partial charge in [-0.05, 0) is 38.1 Å². The lowest BCUT2D eigenvalue weighted by Gasteiger charge is -2.15. The quantitative estimate of drug-likeness (QED) is 0.611. The van der Waals surface area contributed by atoms with E-state index in [9.17, 15) is 9.50 Å². The third kappa shape index (κ3) is 2.80. The molecule has 4 aromatic rings. The maximum atomic E-state index is 14.3. The summed E-state index contributed by atoms with van der Waals surface area (Å²) in [4.78, 5) is 8.59. The number of nitrogens with zero attached hydrogens (tertiary/aromatic N) is 6. The average molecular weight is 350 g/mol. The summed E-state index contributed by atoms with van der Waals surface area (Å²) in [5.74, 6) is 0.00190. The molecule has 130 valence electrons. The van der Waals surface area contributed by atoms with Gasteiger partial charge in [-0.3, -0.25) is 0 Å². The minimum absolute atomic E-state index is 0.356. The van der Waals surface area contributed by atoms with Gasteiger partial charge in [-0.25, -0.2) is 14.4 Å². The summed E-state index contributed by atoms with van der Waals surface area (Å²) in [6.07, 6.45) is 6.13. The normalized spacial score (nSPS) is 11.8. The van der Waals surface area contributed by atoms with Crippen LogP contribution in [0.3, 0.4) is 0 Å². The van der Waals surface area contributed by atoms with Gasteiger partial charge in [0.2, 0.25) is 0 Å². The minimum Gasteiger partial charge on any atom is -0.384 e. The highest BCUT2D eigenvalue weighted by Gasteiger charge is 2.20. The van der Waals surface area contributed by atoms with Crippen LogP contribution < -0.4 is 0 Å². The largest absolute Gasteiger partial charge is 0.384 e. The molecular weight excluding hydrogens is 335 g/mol. The maximum absolute atomic E-state index is 14.3.